The fourth-order valence-electron chi connectivity index (χ4n) is 2.08. The maximum absolute atomic E-state index is 11.1. The van der Waals surface area contributed by atoms with E-state index in [1.54, 1.807) is 0 Å². The minimum absolute atomic E-state index is 0.124. The number of ether oxygens (including phenoxy) is 2. The Labute approximate surface area is 117 Å². The van der Waals surface area contributed by atoms with Crippen molar-refractivity contribution in [2.75, 3.05) is 13.7 Å². The summed E-state index contributed by atoms with van der Waals surface area (Å²) in [6.45, 7) is 1.97. The third-order valence-electron chi connectivity index (χ3n) is 3.10. The fraction of sp³-hybridized carbons (Fsp3) is 0.667. The number of rotatable bonds is 6. The molecular formula is C12H21N3O5. The minimum Gasteiger partial charge on any atom is -0.483 e. The molecule has 1 heterocycles. The zero-order valence-corrected chi connectivity index (χ0v) is 11.5. The molecule has 0 amide bonds. The van der Waals surface area contributed by atoms with Crippen molar-refractivity contribution < 1.29 is 24.5 Å². The molecule has 20 heavy (non-hydrogen) atoms. The molecule has 8 nitrogen and oxygen atoms in total. The van der Waals surface area contributed by atoms with Crippen molar-refractivity contribution in [2.24, 2.45) is 22.4 Å². The first-order valence-corrected chi connectivity index (χ1v) is 6.22. The molecule has 0 saturated carbocycles. The van der Waals surface area contributed by atoms with E-state index in [2.05, 4.69) is 4.99 Å². The highest BCUT2D eigenvalue weighted by Crippen LogP contribution is 2.28. The maximum Gasteiger partial charge on any atom is 0.370 e. The summed E-state index contributed by atoms with van der Waals surface area (Å²) in [5.41, 5.74) is 10.7. The van der Waals surface area contributed by atoms with Gasteiger partial charge in [-0.15, -0.1) is 0 Å². The van der Waals surface area contributed by atoms with Crippen LogP contribution in [0.5, 0.6) is 0 Å². The van der Waals surface area contributed by atoms with E-state index in [0.29, 0.717) is 0 Å². The number of nitrogens with two attached hydrogens (primary N) is 2. The molecule has 6 N–H and O–H groups in total. The van der Waals surface area contributed by atoms with E-state index < -0.39 is 24.2 Å². The van der Waals surface area contributed by atoms with E-state index in [1.165, 1.54) is 13.2 Å². The Morgan fingerprint density at radius 1 is 1.60 bits per heavy atom. The summed E-state index contributed by atoms with van der Waals surface area (Å²) in [5, 5.41) is 18.8. The lowest BCUT2D eigenvalue weighted by Crippen LogP contribution is -2.40. The van der Waals surface area contributed by atoms with Gasteiger partial charge in [-0.05, 0) is 6.08 Å². The average Bonchev–Trinajstić information content (AvgIpc) is 2.33. The number of aliphatic hydroxyl groups is 1. The molecule has 0 aliphatic carbocycles. The molecule has 0 radical (unpaired) electrons. The summed E-state index contributed by atoms with van der Waals surface area (Å²) < 4.78 is 10.2. The first-order valence-electron chi connectivity index (χ1n) is 6.22. The van der Waals surface area contributed by atoms with Crippen LogP contribution in [0.2, 0.25) is 0 Å². The van der Waals surface area contributed by atoms with Gasteiger partial charge in [0.15, 0.2) is 5.96 Å². The van der Waals surface area contributed by atoms with E-state index in [4.69, 9.17) is 26.0 Å². The largest absolute Gasteiger partial charge is 0.483 e. The lowest BCUT2D eigenvalue weighted by Gasteiger charge is -2.33. The number of aliphatic carboxylic acids is 1. The first kappa shape index (κ1) is 16.3. The van der Waals surface area contributed by atoms with Gasteiger partial charge in [0.2, 0.25) is 5.76 Å². The lowest BCUT2D eigenvalue weighted by atomic mass is 9.89. The van der Waals surface area contributed by atoms with Crippen LogP contribution in [0.25, 0.3) is 0 Å². The Morgan fingerprint density at radius 3 is 2.75 bits per heavy atom. The van der Waals surface area contributed by atoms with Crippen LogP contribution in [0.1, 0.15) is 13.3 Å². The number of aliphatic hydroxyl groups excluding tert-OH is 1. The predicted octanol–water partition coefficient (Wildman–Crippen LogP) is -0.971. The van der Waals surface area contributed by atoms with Gasteiger partial charge in [-0.1, -0.05) is 6.92 Å². The van der Waals surface area contributed by atoms with E-state index >= 15 is 0 Å². The quantitative estimate of drug-likeness (QED) is 0.364. The van der Waals surface area contributed by atoms with E-state index in [1.807, 2.05) is 6.92 Å². The second-order valence-electron chi connectivity index (χ2n) is 4.74. The molecule has 114 valence electrons. The molecule has 4 atom stereocenters. The molecular weight excluding hydrogens is 266 g/mol. The molecule has 1 aliphatic rings. The van der Waals surface area contributed by atoms with E-state index in [-0.39, 0.29) is 30.7 Å². The average molecular weight is 287 g/mol. The van der Waals surface area contributed by atoms with Crippen LogP contribution in [0, 0.1) is 5.92 Å². The van der Waals surface area contributed by atoms with Gasteiger partial charge in [0.1, 0.15) is 6.10 Å². The number of aliphatic imine (C=N–C) groups is 1. The maximum atomic E-state index is 11.1. The molecule has 0 aromatic carbocycles. The molecule has 1 rings (SSSR count). The molecule has 0 saturated heterocycles. The van der Waals surface area contributed by atoms with E-state index in [9.17, 15) is 9.90 Å². The van der Waals surface area contributed by atoms with Crippen LogP contribution in [0.15, 0.2) is 16.8 Å². The second kappa shape index (κ2) is 7.11. The summed E-state index contributed by atoms with van der Waals surface area (Å²) in [6, 6.07) is -0.500. The van der Waals surface area contributed by atoms with Gasteiger partial charge in [0.25, 0.3) is 0 Å². The van der Waals surface area contributed by atoms with Gasteiger partial charge in [-0.3, -0.25) is 0 Å². The van der Waals surface area contributed by atoms with Gasteiger partial charge in [-0.25, -0.2) is 9.79 Å². The monoisotopic (exact) mass is 287 g/mol. The van der Waals surface area contributed by atoms with Crippen molar-refractivity contribution in [3.8, 4) is 0 Å². The first-order chi connectivity index (χ1) is 9.35. The molecule has 0 spiro atoms. The Balaban J connectivity index is 2.90. The van der Waals surface area contributed by atoms with Crippen molar-refractivity contribution in [3.63, 3.8) is 0 Å². The zero-order chi connectivity index (χ0) is 15.3. The third kappa shape index (κ3) is 4.39. The van der Waals surface area contributed by atoms with Gasteiger partial charge in [-0.2, -0.15) is 0 Å². The summed E-state index contributed by atoms with van der Waals surface area (Å²) >= 11 is 0. The number of hydrogen-bond acceptors (Lipinski definition) is 5. The molecule has 0 aromatic rings. The summed E-state index contributed by atoms with van der Waals surface area (Å²) in [6.07, 6.45) is 0.340. The van der Waals surface area contributed by atoms with Crippen molar-refractivity contribution in [1.82, 2.24) is 0 Å². The number of carboxylic acids is 1. The van der Waals surface area contributed by atoms with Crippen LogP contribution >= 0.6 is 0 Å². The fourth-order valence-corrected chi connectivity index (χ4v) is 2.08. The van der Waals surface area contributed by atoms with Crippen molar-refractivity contribution in [3.05, 3.63) is 11.8 Å². The third-order valence-corrected chi connectivity index (χ3v) is 3.10. The summed E-state index contributed by atoms with van der Waals surface area (Å²) in [7, 11) is 1.47. The molecule has 0 unspecified atom stereocenters. The molecule has 0 fully saturated rings. The zero-order valence-electron chi connectivity index (χ0n) is 11.5. The second-order valence-corrected chi connectivity index (χ2v) is 4.74. The SMILES string of the molecule is COC[C@@H](O)C[C@@H]1OC(C(=O)O)=C[C@H](N=C(N)N)[C@H]1C. The molecule has 0 bridgehead atoms. The normalized spacial score (nSPS) is 27.1. The van der Waals surface area contributed by atoms with Gasteiger partial charge in [0, 0.05) is 19.4 Å². The van der Waals surface area contributed by atoms with Crippen LogP contribution in [0.4, 0.5) is 0 Å². The van der Waals surface area contributed by atoms with Gasteiger partial charge >= 0.3 is 5.97 Å². The summed E-state index contributed by atoms with van der Waals surface area (Å²) in [5.74, 6) is -1.71. The Kier molecular flexibility index (Phi) is 5.78. The smallest absolute Gasteiger partial charge is 0.370 e. The Bertz CT molecular complexity index is 406. The van der Waals surface area contributed by atoms with Crippen LogP contribution in [0.3, 0.4) is 0 Å². The topological polar surface area (TPSA) is 140 Å². The number of carboxylic acid groups (broad SMARTS) is 1. The van der Waals surface area contributed by atoms with Crippen LogP contribution in [-0.4, -0.2) is 54.1 Å². The van der Waals surface area contributed by atoms with Crippen molar-refractivity contribution in [1.29, 1.82) is 0 Å². The number of methoxy groups -OCH3 is 1. The van der Waals surface area contributed by atoms with Crippen LogP contribution in [-0.2, 0) is 14.3 Å². The lowest BCUT2D eigenvalue weighted by molar-refractivity contribution is -0.139. The molecule has 8 heteroatoms. The summed E-state index contributed by atoms with van der Waals surface area (Å²) in [4.78, 5) is 15.1. The standard InChI is InChI=1S/C12H21N3O5/c1-6-8(15-12(13)14)4-10(11(17)18)20-9(6)3-7(16)5-19-2/h4,6-9,16H,3,5H2,1-2H3,(H,17,18)(H4,13,14,15)/t6-,7+,8+,9+/m1/s1. The highest BCUT2D eigenvalue weighted by Gasteiger charge is 2.35. The predicted molar refractivity (Wildman–Crippen MR) is 71.9 cm³/mol. The Morgan fingerprint density at radius 2 is 2.25 bits per heavy atom. The minimum atomic E-state index is -1.20. The highest BCUT2D eigenvalue weighted by molar-refractivity contribution is 5.84. The molecule has 0 aromatic heterocycles. The number of hydrogen-bond donors (Lipinski definition) is 4. The van der Waals surface area contributed by atoms with Crippen molar-refractivity contribution >= 4 is 11.9 Å². The number of guanidine groups is 1. The molecule has 1 aliphatic heterocycles. The number of carbonyl (C=O) groups is 1. The van der Waals surface area contributed by atoms with E-state index in [0.717, 1.165) is 0 Å². The van der Waals surface area contributed by atoms with Crippen LogP contribution < -0.4 is 11.5 Å². The van der Waals surface area contributed by atoms with Gasteiger partial charge < -0.3 is 31.2 Å². The van der Waals surface area contributed by atoms with Crippen molar-refractivity contribution in [2.45, 2.75) is 31.6 Å². The highest BCUT2D eigenvalue weighted by atomic mass is 16.5. The van der Waals surface area contributed by atoms with Gasteiger partial charge in [0.05, 0.1) is 18.8 Å². The number of nitrogens with zero attached hydrogens (tertiary/aromatic N) is 1. The Hall–Kier alpha value is -1.80.